The van der Waals surface area contributed by atoms with E-state index in [4.69, 9.17) is 4.74 Å². The van der Waals surface area contributed by atoms with Crippen molar-refractivity contribution in [1.29, 1.82) is 0 Å². The molecular formula is C23H22F2N4O. The Labute approximate surface area is 172 Å². The van der Waals surface area contributed by atoms with Gasteiger partial charge in [-0.2, -0.15) is 0 Å². The van der Waals surface area contributed by atoms with Crippen molar-refractivity contribution in [1.82, 2.24) is 19.4 Å². The van der Waals surface area contributed by atoms with E-state index in [0.717, 1.165) is 19.2 Å². The normalized spacial score (nSPS) is 17.6. The smallest absolute Gasteiger partial charge is 0.135 e. The zero-order valence-corrected chi connectivity index (χ0v) is 16.6. The van der Waals surface area contributed by atoms with E-state index >= 15 is 0 Å². The lowest BCUT2D eigenvalue weighted by atomic mass is 10.1. The van der Waals surface area contributed by atoms with Gasteiger partial charge >= 0.3 is 0 Å². The van der Waals surface area contributed by atoms with Crippen LogP contribution in [0.3, 0.4) is 0 Å². The number of aromatic amines is 1. The highest BCUT2D eigenvalue weighted by Crippen LogP contribution is 2.30. The van der Waals surface area contributed by atoms with Gasteiger partial charge in [-0.3, -0.25) is 4.90 Å². The van der Waals surface area contributed by atoms with E-state index in [1.54, 1.807) is 6.20 Å². The number of aromatic nitrogens is 3. The molecule has 1 aliphatic rings. The van der Waals surface area contributed by atoms with Crippen LogP contribution in [0.4, 0.5) is 8.78 Å². The summed E-state index contributed by atoms with van der Waals surface area (Å²) >= 11 is 0. The van der Waals surface area contributed by atoms with Crippen LogP contribution in [0.15, 0.2) is 54.9 Å². The van der Waals surface area contributed by atoms with Gasteiger partial charge < -0.3 is 14.3 Å². The summed E-state index contributed by atoms with van der Waals surface area (Å²) in [5.74, 6) is -0.496. The number of hydrogen-bond acceptors (Lipinski definition) is 3. The van der Waals surface area contributed by atoms with Crippen LogP contribution in [0.5, 0.6) is 0 Å². The number of ether oxygens (including phenoxy) is 1. The number of para-hydroxylation sites is 1. The fourth-order valence-corrected chi connectivity index (χ4v) is 4.20. The fourth-order valence-electron chi connectivity index (χ4n) is 4.20. The summed E-state index contributed by atoms with van der Waals surface area (Å²) in [5.41, 5.74) is 3.27. The molecule has 2 aromatic heterocycles. The van der Waals surface area contributed by atoms with E-state index in [2.05, 4.69) is 50.9 Å². The summed E-state index contributed by atoms with van der Waals surface area (Å²) in [6.07, 6.45) is 3.76. The summed E-state index contributed by atoms with van der Waals surface area (Å²) in [6, 6.07) is 11.8. The van der Waals surface area contributed by atoms with E-state index in [0.29, 0.717) is 30.3 Å². The predicted octanol–water partition coefficient (Wildman–Crippen LogP) is 4.42. The van der Waals surface area contributed by atoms with Crippen molar-refractivity contribution in [3.05, 3.63) is 77.9 Å². The van der Waals surface area contributed by atoms with E-state index in [9.17, 15) is 8.78 Å². The molecule has 0 amide bonds. The largest absolute Gasteiger partial charge is 0.378 e. The molecule has 1 fully saturated rings. The van der Waals surface area contributed by atoms with Crippen molar-refractivity contribution >= 4 is 10.9 Å². The third-order valence-electron chi connectivity index (χ3n) is 5.72. The molecule has 0 spiro atoms. The van der Waals surface area contributed by atoms with Crippen LogP contribution in [0, 0.1) is 11.6 Å². The Morgan fingerprint density at radius 1 is 1.20 bits per heavy atom. The van der Waals surface area contributed by atoms with E-state index < -0.39 is 11.6 Å². The highest BCUT2D eigenvalue weighted by atomic mass is 19.1. The van der Waals surface area contributed by atoms with Crippen LogP contribution < -0.4 is 0 Å². The van der Waals surface area contributed by atoms with Crippen molar-refractivity contribution in [2.45, 2.75) is 12.6 Å². The first-order valence-electron chi connectivity index (χ1n) is 9.95. The molecule has 1 saturated heterocycles. The quantitative estimate of drug-likeness (QED) is 0.544. The third kappa shape index (κ3) is 3.40. The highest BCUT2D eigenvalue weighted by molar-refractivity contribution is 5.83. The standard InChI is InChI=1S/C23H22F2N4O/c1-28-12-15(17-4-2-3-5-21(17)28)13-29-8-9-30-14-22(29)23-26-11-20(27-23)18-7-6-16(24)10-19(18)25/h2-7,10-12,22H,8-9,13-14H2,1H3,(H,26,27)/t22-/m0/s1. The molecule has 4 aromatic rings. The Morgan fingerprint density at radius 3 is 2.93 bits per heavy atom. The molecule has 30 heavy (non-hydrogen) atoms. The Bertz CT molecular complexity index is 1200. The molecule has 1 N–H and O–H groups in total. The minimum atomic E-state index is -0.613. The predicted molar refractivity (Wildman–Crippen MR) is 111 cm³/mol. The van der Waals surface area contributed by atoms with Crippen molar-refractivity contribution in [3.63, 3.8) is 0 Å². The van der Waals surface area contributed by atoms with Crippen LogP contribution in [-0.4, -0.2) is 39.2 Å². The summed E-state index contributed by atoms with van der Waals surface area (Å²) in [5, 5.41) is 1.23. The molecule has 0 bridgehead atoms. The van der Waals surface area contributed by atoms with Crippen LogP contribution in [0.25, 0.3) is 22.2 Å². The first kappa shape index (κ1) is 19.0. The van der Waals surface area contributed by atoms with Gasteiger partial charge in [0, 0.05) is 48.9 Å². The van der Waals surface area contributed by atoms with Crippen LogP contribution in [0.2, 0.25) is 0 Å². The van der Waals surface area contributed by atoms with Gasteiger partial charge in [-0.25, -0.2) is 13.8 Å². The summed E-state index contributed by atoms with van der Waals surface area (Å²) < 4.78 is 35.3. The van der Waals surface area contributed by atoms with E-state index in [1.165, 1.54) is 28.6 Å². The van der Waals surface area contributed by atoms with Gasteiger partial charge in [0.25, 0.3) is 0 Å². The monoisotopic (exact) mass is 408 g/mol. The molecule has 0 saturated carbocycles. The van der Waals surface area contributed by atoms with Gasteiger partial charge in [-0.15, -0.1) is 0 Å². The van der Waals surface area contributed by atoms with Gasteiger partial charge in [0.1, 0.15) is 17.5 Å². The molecule has 1 atom stereocenters. The SMILES string of the molecule is Cn1cc(CN2CCOC[C@H]2c2ncc(-c3ccc(F)cc3F)[nH]2)c2ccccc21. The van der Waals surface area contributed by atoms with Crippen molar-refractivity contribution in [3.8, 4) is 11.3 Å². The van der Waals surface area contributed by atoms with Crippen LogP contribution in [-0.2, 0) is 18.3 Å². The zero-order chi connectivity index (χ0) is 20.7. The lowest BCUT2D eigenvalue weighted by Gasteiger charge is -2.34. The molecule has 0 unspecified atom stereocenters. The minimum absolute atomic E-state index is 0.0741. The number of hydrogen-bond donors (Lipinski definition) is 1. The molecule has 3 heterocycles. The molecule has 2 aromatic carbocycles. The molecule has 5 nitrogen and oxygen atoms in total. The average Bonchev–Trinajstić information content (AvgIpc) is 3.34. The maximum atomic E-state index is 14.2. The second kappa shape index (κ2) is 7.66. The number of H-pyrrole nitrogens is 1. The summed E-state index contributed by atoms with van der Waals surface area (Å²) in [7, 11) is 2.05. The van der Waals surface area contributed by atoms with Crippen molar-refractivity contribution in [2.24, 2.45) is 7.05 Å². The summed E-state index contributed by atoms with van der Waals surface area (Å²) in [6.45, 7) is 2.69. The van der Waals surface area contributed by atoms with Crippen LogP contribution in [0.1, 0.15) is 17.4 Å². The van der Waals surface area contributed by atoms with E-state index in [-0.39, 0.29) is 6.04 Å². The molecule has 0 aliphatic carbocycles. The molecule has 5 rings (SSSR count). The molecular weight excluding hydrogens is 386 g/mol. The molecule has 154 valence electrons. The number of aryl methyl sites for hydroxylation is 1. The molecule has 1 aliphatic heterocycles. The van der Waals surface area contributed by atoms with Crippen molar-refractivity contribution in [2.75, 3.05) is 19.8 Å². The topological polar surface area (TPSA) is 46.1 Å². The Balaban J connectivity index is 1.44. The number of rotatable bonds is 4. The number of nitrogens with one attached hydrogen (secondary N) is 1. The number of nitrogens with zero attached hydrogens (tertiary/aromatic N) is 3. The minimum Gasteiger partial charge on any atom is -0.378 e. The second-order valence-electron chi connectivity index (χ2n) is 7.65. The lowest BCUT2D eigenvalue weighted by molar-refractivity contribution is -0.0154. The number of fused-ring (bicyclic) bond motifs is 1. The highest BCUT2D eigenvalue weighted by Gasteiger charge is 2.28. The van der Waals surface area contributed by atoms with E-state index in [1.807, 2.05) is 6.07 Å². The fraction of sp³-hybridized carbons (Fsp3) is 0.261. The number of benzene rings is 2. The maximum Gasteiger partial charge on any atom is 0.135 e. The van der Waals surface area contributed by atoms with Gasteiger partial charge in [-0.1, -0.05) is 18.2 Å². The van der Waals surface area contributed by atoms with Gasteiger partial charge in [-0.05, 0) is 23.8 Å². The van der Waals surface area contributed by atoms with Crippen LogP contribution >= 0.6 is 0 Å². The van der Waals surface area contributed by atoms with Gasteiger partial charge in [0.15, 0.2) is 0 Å². The second-order valence-corrected chi connectivity index (χ2v) is 7.65. The van der Waals surface area contributed by atoms with Gasteiger partial charge in [0.05, 0.1) is 31.1 Å². The first-order chi connectivity index (χ1) is 14.6. The number of morpholine rings is 1. The van der Waals surface area contributed by atoms with Gasteiger partial charge in [0.2, 0.25) is 0 Å². The third-order valence-corrected chi connectivity index (χ3v) is 5.72. The summed E-state index contributed by atoms with van der Waals surface area (Å²) in [4.78, 5) is 10.0. The van der Waals surface area contributed by atoms with Crippen molar-refractivity contribution < 1.29 is 13.5 Å². The number of imidazole rings is 1. The first-order valence-corrected chi connectivity index (χ1v) is 9.95. The lowest BCUT2D eigenvalue weighted by Crippen LogP contribution is -2.39. The Kier molecular flexibility index (Phi) is 4.84. The maximum absolute atomic E-state index is 14.2. The average molecular weight is 408 g/mol. The molecule has 0 radical (unpaired) electrons. The Morgan fingerprint density at radius 2 is 2.07 bits per heavy atom. The molecule has 7 heteroatoms. The zero-order valence-electron chi connectivity index (χ0n) is 16.6. The Hall–Kier alpha value is -3.03. The number of halogens is 2.